The van der Waals surface area contributed by atoms with Gasteiger partial charge in [-0.1, -0.05) is 6.07 Å². The van der Waals surface area contributed by atoms with Crippen molar-refractivity contribution >= 4 is 23.2 Å². The fraction of sp³-hybridized carbons (Fsp3) is 0.400. The van der Waals surface area contributed by atoms with Gasteiger partial charge in [-0.05, 0) is 37.1 Å². The first-order valence-corrected chi connectivity index (χ1v) is 6.70. The van der Waals surface area contributed by atoms with Gasteiger partial charge < -0.3 is 4.90 Å². The maximum absolute atomic E-state index is 12.3. The zero-order valence-electron chi connectivity index (χ0n) is 11.9. The van der Waals surface area contributed by atoms with Gasteiger partial charge in [0.15, 0.2) is 0 Å². The molecule has 20 heavy (non-hydrogen) atoms. The second kappa shape index (κ2) is 4.16. The second-order valence-corrected chi connectivity index (χ2v) is 5.81. The van der Waals surface area contributed by atoms with E-state index in [4.69, 9.17) is 0 Å². The second-order valence-electron chi connectivity index (χ2n) is 5.81. The van der Waals surface area contributed by atoms with Crippen LogP contribution in [0.3, 0.4) is 0 Å². The largest absolute Gasteiger partial charge is 0.314 e. The molecule has 0 aliphatic carbocycles. The van der Waals surface area contributed by atoms with Crippen molar-refractivity contribution < 1.29 is 9.59 Å². The van der Waals surface area contributed by atoms with Gasteiger partial charge in [0.05, 0.1) is 11.1 Å². The first-order chi connectivity index (χ1) is 9.41. The number of anilines is 1. The number of carbonyl (C=O) groups excluding carboxylic acids is 2. The van der Waals surface area contributed by atoms with Crippen molar-refractivity contribution in [2.75, 3.05) is 11.9 Å². The molecule has 0 saturated carbocycles. The summed E-state index contributed by atoms with van der Waals surface area (Å²) < 4.78 is 0. The number of hydrogen-bond acceptors (Lipinski definition) is 3. The average molecular weight is 271 g/mol. The van der Waals surface area contributed by atoms with Crippen molar-refractivity contribution in [3.8, 4) is 0 Å². The molecule has 1 aromatic rings. The van der Waals surface area contributed by atoms with Crippen molar-refractivity contribution in [2.45, 2.75) is 32.1 Å². The number of hydrogen-bond donors (Lipinski definition) is 1. The molecule has 0 unspecified atom stereocenters. The number of benzene rings is 1. The monoisotopic (exact) mass is 271 g/mol. The predicted octanol–water partition coefficient (Wildman–Crippen LogP) is 1.55. The molecule has 5 heteroatoms. The van der Waals surface area contributed by atoms with Gasteiger partial charge in [-0.3, -0.25) is 9.59 Å². The van der Waals surface area contributed by atoms with E-state index < -0.39 is 5.41 Å². The van der Waals surface area contributed by atoms with Crippen molar-refractivity contribution in [1.29, 1.82) is 0 Å². The van der Waals surface area contributed by atoms with Crippen molar-refractivity contribution in [3.05, 3.63) is 29.3 Å². The number of nitrogens with one attached hydrogen (secondary N) is 1. The first-order valence-electron chi connectivity index (χ1n) is 6.70. The van der Waals surface area contributed by atoms with Gasteiger partial charge in [0.2, 0.25) is 11.8 Å². The Morgan fingerprint density at radius 2 is 2.00 bits per heavy atom. The third kappa shape index (κ3) is 1.73. The summed E-state index contributed by atoms with van der Waals surface area (Å²) >= 11 is 0. The molecule has 0 bridgehead atoms. The average Bonchev–Trinajstić information content (AvgIpc) is 2.61. The molecule has 0 atom stereocenters. The predicted molar refractivity (Wildman–Crippen MR) is 76.8 cm³/mol. The quantitative estimate of drug-likeness (QED) is 0.842. The van der Waals surface area contributed by atoms with Crippen LogP contribution in [0.4, 0.5) is 5.69 Å². The Bertz CT molecular complexity index is 647. The van der Waals surface area contributed by atoms with Crippen LogP contribution in [-0.4, -0.2) is 24.6 Å². The highest BCUT2D eigenvalue weighted by Gasteiger charge is 2.42. The Balaban J connectivity index is 2.05. The van der Waals surface area contributed by atoms with Crippen LogP contribution in [0, 0.1) is 0 Å². The molecule has 0 radical (unpaired) electrons. The number of fused-ring (bicyclic) bond motifs is 1. The molecule has 2 heterocycles. The van der Waals surface area contributed by atoms with Crippen molar-refractivity contribution in [1.82, 2.24) is 5.43 Å². The lowest BCUT2D eigenvalue weighted by Crippen LogP contribution is -2.33. The molecule has 0 saturated heterocycles. The maximum Gasteiger partial charge on any atom is 0.240 e. The molecule has 0 spiro atoms. The van der Waals surface area contributed by atoms with Gasteiger partial charge in [-0.25, -0.2) is 5.43 Å². The van der Waals surface area contributed by atoms with E-state index in [0.717, 1.165) is 22.5 Å². The summed E-state index contributed by atoms with van der Waals surface area (Å²) in [6.45, 7) is 3.87. The fourth-order valence-corrected chi connectivity index (χ4v) is 2.83. The Morgan fingerprint density at radius 1 is 1.25 bits per heavy atom. The van der Waals surface area contributed by atoms with Gasteiger partial charge in [0.25, 0.3) is 0 Å². The lowest BCUT2D eigenvalue weighted by atomic mass is 9.84. The van der Waals surface area contributed by atoms with Crippen molar-refractivity contribution in [3.63, 3.8) is 0 Å². The maximum atomic E-state index is 12.3. The molecule has 2 aliphatic heterocycles. The zero-order chi connectivity index (χ0) is 14.5. The lowest BCUT2D eigenvalue weighted by Gasteiger charge is -2.17. The summed E-state index contributed by atoms with van der Waals surface area (Å²) in [4.78, 5) is 25.1. The number of carbonyl (C=O) groups is 2. The van der Waals surface area contributed by atoms with Crippen LogP contribution in [-0.2, 0) is 15.0 Å². The Labute approximate surface area is 117 Å². The van der Waals surface area contributed by atoms with Crippen LogP contribution >= 0.6 is 0 Å². The summed E-state index contributed by atoms with van der Waals surface area (Å²) in [6, 6.07) is 5.93. The number of hydrazone groups is 1. The highest BCUT2D eigenvalue weighted by Crippen LogP contribution is 2.41. The highest BCUT2D eigenvalue weighted by atomic mass is 16.2. The van der Waals surface area contributed by atoms with Crippen LogP contribution in [0.15, 0.2) is 23.3 Å². The minimum absolute atomic E-state index is 0.0508. The Kier molecular flexibility index (Phi) is 2.67. The first kappa shape index (κ1) is 12.8. The van der Waals surface area contributed by atoms with Gasteiger partial charge in [0.1, 0.15) is 0 Å². The van der Waals surface area contributed by atoms with E-state index in [2.05, 4.69) is 10.5 Å². The smallest absolute Gasteiger partial charge is 0.240 e. The van der Waals surface area contributed by atoms with E-state index >= 15 is 0 Å². The van der Waals surface area contributed by atoms with Crippen LogP contribution in [0.1, 0.15) is 37.8 Å². The highest BCUT2D eigenvalue weighted by molar-refractivity contribution is 6.09. The van der Waals surface area contributed by atoms with Gasteiger partial charge in [0, 0.05) is 25.6 Å². The van der Waals surface area contributed by atoms with Crippen LogP contribution in [0.2, 0.25) is 0 Å². The molecule has 2 aliphatic rings. The number of rotatable bonds is 1. The third-order valence-electron chi connectivity index (χ3n) is 4.11. The lowest BCUT2D eigenvalue weighted by molar-refractivity contribution is -0.122. The van der Waals surface area contributed by atoms with E-state index in [1.54, 1.807) is 11.9 Å². The van der Waals surface area contributed by atoms with E-state index in [0.29, 0.717) is 12.8 Å². The molecule has 0 aromatic heterocycles. The minimum Gasteiger partial charge on any atom is -0.314 e. The molecule has 0 fully saturated rings. The van der Waals surface area contributed by atoms with Crippen LogP contribution in [0.5, 0.6) is 0 Å². The topological polar surface area (TPSA) is 61.8 Å². The van der Waals surface area contributed by atoms with Gasteiger partial charge in [-0.15, -0.1) is 0 Å². The molecule has 3 rings (SSSR count). The molecular formula is C15H17N3O2. The van der Waals surface area contributed by atoms with E-state index in [9.17, 15) is 9.59 Å². The van der Waals surface area contributed by atoms with Gasteiger partial charge >= 0.3 is 0 Å². The summed E-state index contributed by atoms with van der Waals surface area (Å²) in [5, 5.41) is 4.11. The molecular weight excluding hydrogens is 254 g/mol. The number of amides is 2. The van der Waals surface area contributed by atoms with E-state index in [-0.39, 0.29) is 11.8 Å². The van der Waals surface area contributed by atoms with E-state index in [1.807, 2.05) is 32.0 Å². The zero-order valence-corrected chi connectivity index (χ0v) is 11.9. The van der Waals surface area contributed by atoms with Crippen LogP contribution < -0.4 is 10.3 Å². The van der Waals surface area contributed by atoms with Crippen molar-refractivity contribution in [2.24, 2.45) is 5.10 Å². The Morgan fingerprint density at radius 3 is 2.65 bits per heavy atom. The SMILES string of the molecule is CN1C(=O)C(C)(C)c2cc(C3=NNC(=O)CC3)ccc21. The summed E-state index contributed by atoms with van der Waals surface area (Å²) in [5.41, 5.74) is 5.80. The normalized spacial score (nSPS) is 20.6. The number of likely N-dealkylation sites (N-methyl/N-ethyl adjacent to an activating group) is 1. The fourth-order valence-electron chi connectivity index (χ4n) is 2.83. The molecule has 1 N–H and O–H groups in total. The molecule has 1 aromatic carbocycles. The summed E-state index contributed by atoms with van der Waals surface area (Å²) in [6.07, 6.45) is 1.09. The van der Waals surface area contributed by atoms with Gasteiger partial charge in [-0.2, -0.15) is 5.10 Å². The third-order valence-corrected chi connectivity index (χ3v) is 4.11. The van der Waals surface area contributed by atoms with E-state index in [1.165, 1.54) is 0 Å². The summed E-state index contributed by atoms with van der Waals surface area (Å²) in [5.74, 6) is 0.0497. The minimum atomic E-state index is -0.515. The number of nitrogens with zero attached hydrogens (tertiary/aromatic N) is 2. The summed E-state index contributed by atoms with van der Waals surface area (Å²) in [7, 11) is 1.80. The molecule has 2 amide bonds. The Hall–Kier alpha value is -2.17. The standard InChI is InChI=1S/C15H17N3O2/c1-15(2)10-8-9(11-5-7-13(19)17-16-11)4-6-12(10)18(3)14(15)20/h4,6,8H,5,7H2,1-3H3,(H,17,19). The molecule has 5 nitrogen and oxygen atoms in total. The molecule has 104 valence electrons. The van der Waals surface area contributed by atoms with Crippen LogP contribution in [0.25, 0.3) is 0 Å².